The first-order valence-electron chi connectivity index (χ1n) is 12.5. The minimum atomic E-state index is -0.857. The number of morpholine rings is 1. The third-order valence-corrected chi connectivity index (χ3v) is 6.64. The quantitative estimate of drug-likeness (QED) is 0.340. The second-order valence-corrected chi connectivity index (χ2v) is 9.64. The van der Waals surface area contributed by atoms with Gasteiger partial charge in [0.2, 0.25) is 5.78 Å². The average Bonchev–Trinajstić information content (AvgIpc) is 3.11. The van der Waals surface area contributed by atoms with Crippen LogP contribution in [-0.4, -0.2) is 62.1 Å². The maximum Gasteiger partial charge on any atom is 0.295 e. The Labute approximate surface area is 211 Å². The number of likely N-dealkylation sites (tertiary alicyclic amines) is 1. The van der Waals surface area contributed by atoms with Crippen molar-refractivity contribution in [1.82, 2.24) is 4.90 Å². The monoisotopic (exact) mass is 496 g/mol. The van der Waals surface area contributed by atoms with Gasteiger partial charge in [-0.2, -0.15) is 0 Å². The molecule has 2 aliphatic heterocycles. The molecule has 36 heavy (non-hydrogen) atoms. The molecule has 0 aliphatic carbocycles. The van der Waals surface area contributed by atoms with Crippen molar-refractivity contribution in [3.63, 3.8) is 0 Å². The summed E-state index contributed by atoms with van der Waals surface area (Å²) in [5, 5.41) is 13.6. The van der Waals surface area contributed by atoms with E-state index >= 15 is 0 Å². The minimum absolute atomic E-state index is 0.0237. The van der Waals surface area contributed by atoms with Gasteiger partial charge in [-0.3, -0.25) is 9.59 Å². The van der Waals surface area contributed by atoms with E-state index < -0.39 is 29.3 Å². The van der Waals surface area contributed by atoms with Crippen LogP contribution < -0.4 is 14.7 Å². The Balaban J connectivity index is 1.67. The fourth-order valence-corrected chi connectivity index (χ4v) is 4.83. The van der Waals surface area contributed by atoms with Crippen LogP contribution in [0.5, 0.6) is 5.75 Å². The van der Waals surface area contributed by atoms with Crippen molar-refractivity contribution in [3.05, 3.63) is 70.5 Å². The molecule has 1 atom stereocenters. The van der Waals surface area contributed by atoms with Crippen molar-refractivity contribution in [2.24, 2.45) is 0 Å². The van der Waals surface area contributed by atoms with Gasteiger partial charge >= 0.3 is 0 Å². The number of ether oxygens (including phenoxy) is 2. The highest BCUT2D eigenvalue weighted by molar-refractivity contribution is 6.46. The van der Waals surface area contributed by atoms with Crippen LogP contribution in [0.2, 0.25) is 0 Å². The molecular formula is C28H33FN2O5. The van der Waals surface area contributed by atoms with E-state index in [1.54, 1.807) is 18.2 Å². The minimum Gasteiger partial charge on any atom is -0.872 e. The van der Waals surface area contributed by atoms with Crippen molar-refractivity contribution >= 4 is 17.4 Å². The molecular weight excluding hydrogens is 463 g/mol. The largest absolute Gasteiger partial charge is 0.872 e. The zero-order valence-corrected chi connectivity index (χ0v) is 21.0. The summed E-state index contributed by atoms with van der Waals surface area (Å²) in [6.07, 6.45) is 0.651. The number of hydrogen-bond acceptors (Lipinski definition) is 5. The first kappa shape index (κ1) is 25.9. The molecule has 2 aliphatic rings. The van der Waals surface area contributed by atoms with Gasteiger partial charge in [0.25, 0.3) is 5.91 Å². The van der Waals surface area contributed by atoms with Gasteiger partial charge in [-0.1, -0.05) is 24.0 Å². The lowest BCUT2D eigenvalue weighted by Crippen LogP contribution is -3.14. The number of ketones is 1. The van der Waals surface area contributed by atoms with Crippen LogP contribution in [0.1, 0.15) is 43.0 Å². The van der Waals surface area contributed by atoms with Gasteiger partial charge in [0.05, 0.1) is 31.9 Å². The van der Waals surface area contributed by atoms with Gasteiger partial charge in [0.1, 0.15) is 24.7 Å². The fraction of sp³-hybridized carbons (Fsp3) is 0.429. The highest BCUT2D eigenvalue weighted by Crippen LogP contribution is 2.39. The van der Waals surface area contributed by atoms with Crippen molar-refractivity contribution in [2.75, 3.05) is 39.4 Å². The van der Waals surface area contributed by atoms with Gasteiger partial charge in [-0.25, -0.2) is 4.39 Å². The van der Waals surface area contributed by atoms with E-state index in [4.69, 9.17) is 9.47 Å². The van der Waals surface area contributed by atoms with Gasteiger partial charge in [0, 0.05) is 18.5 Å². The Morgan fingerprint density at radius 2 is 1.86 bits per heavy atom. The standard InChI is InChI=1S/C28H33FN2O5/c1-18(2)36-23-10-7-21(17-19(23)3)26(32)24-25(20-5-8-22(29)9-6-20)31(28(34)27(24)33)12-4-11-30-13-15-35-16-14-30/h5-10,17-18,25,32H,4,11-16H2,1-3H3. The SMILES string of the molecule is Cc1cc(C([O-])=C2C(=O)C(=O)N(CCC[NH+]3CCOCC3)C2c2ccc(F)cc2)ccc1OC(C)C. The van der Waals surface area contributed by atoms with Crippen LogP contribution >= 0.6 is 0 Å². The molecule has 0 saturated carbocycles. The third kappa shape index (κ3) is 5.60. The lowest BCUT2D eigenvalue weighted by Gasteiger charge is -2.29. The number of benzene rings is 2. The van der Waals surface area contributed by atoms with Crippen LogP contribution in [-0.2, 0) is 14.3 Å². The van der Waals surface area contributed by atoms with Crippen LogP contribution in [0.15, 0.2) is 48.0 Å². The van der Waals surface area contributed by atoms with E-state index in [0.29, 0.717) is 43.1 Å². The molecule has 0 aromatic heterocycles. The molecule has 2 aromatic carbocycles. The predicted octanol–water partition coefficient (Wildman–Crippen LogP) is 1.45. The Kier molecular flexibility index (Phi) is 8.06. The number of hydrogen-bond donors (Lipinski definition) is 1. The normalized spacial score (nSPS) is 20.4. The lowest BCUT2D eigenvalue weighted by molar-refractivity contribution is -0.908. The van der Waals surface area contributed by atoms with Crippen LogP contribution in [0.3, 0.4) is 0 Å². The number of rotatable bonds is 8. The fourth-order valence-electron chi connectivity index (χ4n) is 4.83. The number of carbonyl (C=O) groups is 2. The van der Waals surface area contributed by atoms with Crippen molar-refractivity contribution in [1.29, 1.82) is 0 Å². The predicted molar refractivity (Wildman–Crippen MR) is 131 cm³/mol. The highest BCUT2D eigenvalue weighted by Gasteiger charge is 2.44. The molecule has 1 unspecified atom stereocenters. The van der Waals surface area contributed by atoms with Crippen molar-refractivity contribution in [2.45, 2.75) is 39.3 Å². The molecule has 2 heterocycles. The molecule has 7 nitrogen and oxygen atoms in total. The van der Waals surface area contributed by atoms with Crippen LogP contribution in [0, 0.1) is 12.7 Å². The molecule has 1 amide bonds. The first-order chi connectivity index (χ1) is 17.3. The summed E-state index contributed by atoms with van der Waals surface area (Å²) in [4.78, 5) is 29.1. The number of nitrogens with zero attached hydrogens (tertiary/aromatic N) is 1. The van der Waals surface area contributed by atoms with Crippen molar-refractivity contribution < 1.29 is 33.5 Å². The molecule has 2 fully saturated rings. The van der Waals surface area contributed by atoms with Crippen LogP contribution in [0.4, 0.5) is 4.39 Å². The molecule has 192 valence electrons. The Morgan fingerprint density at radius 3 is 2.50 bits per heavy atom. The number of halogens is 1. The molecule has 2 aromatic rings. The van der Waals surface area contributed by atoms with E-state index in [1.807, 2.05) is 20.8 Å². The Bertz CT molecular complexity index is 1140. The zero-order chi connectivity index (χ0) is 25.8. The summed E-state index contributed by atoms with van der Waals surface area (Å²) in [7, 11) is 0. The smallest absolute Gasteiger partial charge is 0.295 e. The van der Waals surface area contributed by atoms with E-state index in [0.717, 1.165) is 25.2 Å². The topological polar surface area (TPSA) is 83.3 Å². The van der Waals surface area contributed by atoms with E-state index in [-0.39, 0.29) is 11.7 Å². The summed E-state index contributed by atoms with van der Waals surface area (Å²) >= 11 is 0. The van der Waals surface area contributed by atoms with Crippen molar-refractivity contribution in [3.8, 4) is 5.75 Å². The highest BCUT2D eigenvalue weighted by atomic mass is 19.1. The number of quaternary nitrogens is 1. The molecule has 0 spiro atoms. The Hall–Kier alpha value is -3.23. The van der Waals surface area contributed by atoms with Gasteiger partial charge < -0.3 is 24.4 Å². The summed E-state index contributed by atoms with van der Waals surface area (Å²) < 4.78 is 24.8. The zero-order valence-electron chi connectivity index (χ0n) is 21.0. The van der Waals surface area contributed by atoms with E-state index in [9.17, 15) is 19.1 Å². The number of Topliss-reactive ketones (excluding diaryl/α,β-unsaturated/α-hetero) is 1. The molecule has 2 saturated heterocycles. The van der Waals surface area contributed by atoms with E-state index in [2.05, 4.69) is 0 Å². The van der Waals surface area contributed by atoms with Gasteiger partial charge in [-0.15, -0.1) is 0 Å². The lowest BCUT2D eigenvalue weighted by atomic mass is 9.94. The number of carbonyl (C=O) groups excluding carboxylic acids is 2. The molecule has 4 rings (SSSR count). The number of amides is 1. The Morgan fingerprint density at radius 1 is 1.17 bits per heavy atom. The third-order valence-electron chi connectivity index (χ3n) is 6.64. The molecule has 8 heteroatoms. The number of nitrogens with one attached hydrogen (secondary N) is 1. The second kappa shape index (κ2) is 11.2. The summed E-state index contributed by atoms with van der Waals surface area (Å²) in [5.74, 6) is -1.76. The second-order valence-electron chi connectivity index (χ2n) is 9.64. The maximum atomic E-state index is 13.7. The van der Waals surface area contributed by atoms with E-state index in [1.165, 1.54) is 34.1 Å². The van der Waals surface area contributed by atoms with Gasteiger partial charge in [-0.05, 0) is 61.7 Å². The van der Waals surface area contributed by atoms with Crippen LogP contribution in [0.25, 0.3) is 5.76 Å². The molecule has 0 radical (unpaired) electrons. The summed E-state index contributed by atoms with van der Waals surface area (Å²) in [5.41, 5.74) is 1.51. The summed E-state index contributed by atoms with van der Waals surface area (Å²) in [6, 6.07) is 9.77. The molecule has 1 N–H and O–H groups in total. The maximum absolute atomic E-state index is 13.7. The average molecular weight is 497 g/mol. The first-order valence-corrected chi connectivity index (χ1v) is 12.5. The van der Waals surface area contributed by atoms with Gasteiger partial charge in [0.15, 0.2) is 0 Å². The molecule has 0 bridgehead atoms. The summed E-state index contributed by atoms with van der Waals surface area (Å²) in [6.45, 7) is 10.0. The number of aryl methyl sites for hydroxylation is 1.